The van der Waals surface area contributed by atoms with Gasteiger partial charge in [0.25, 0.3) is 0 Å². The van der Waals surface area contributed by atoms with Crippen molar-refractivity contribution in [3.63, 3.8) is 0 Å². The fourth-order valence-electron chi connectivity index (χ4n) is 2.12. The minimum absolute atomic E-state index is 0.00977. The summed E-state index contributed by atoms with van der Waals surface area (Å²) in [6, 6.07) is 0.00977. The molecule has 1 aliphatic heterocycles. The number of methoxy groups -OCH3 is 1. The Morgan fingerprint density at radius 3 is 2.53 bits per heavy atom. The molecule has 0 aromatic rings. The van der Waals surface area contributed by atoms with Crippen molar-refractivity contribution in [2.45, 2.75) is 19.9 Å². The number of ether oxygens (including phenoxy) is 1. The highest BCUT2D eigenvalue weighted by molar-refractivity contribution is 5.70. The van der Waals surface area contributed by atoms with Crippen LogP contribution in [0.15, 0.2) is 0 Å². The number of aliphatic carboxylic acids is 1. The zero-order valence-corrected chi connectivity index (χ0v) is 10.5. The van der Waals surface area contributed by atoms with Crippen molar-refractivity contribution in [1.82, 2.24) is 9.80 Å². The summed E-state index contributed by atoms with van der Waals surface area (Å²) in [7, 11) is 1.36. The second-order valence-electron chi connectivity index (χ2n) is 4.60. The maximum Gasteiger partial charge on any atom is 0.409 e. The minimum atomic E-state index is -0.834. The molecule has 1 heterocycles. The molecule has 1 amide bonds. The van der Waals surface area contributed by atoms with Gasteiger partial charge in [0.05, 0.1) is 19.7 Å². The molecule has 1 N–H and O–H groups in total. The number of carboxylic acids is 1. The maximum atomic E-state index is 11.6. The zero-order valence-electron chi connectivity index (χ0n) is 10.5. The van der Waals surface area contributed by atoms with Crippen LogP contribution in [0.1, 0.15) is 13.8 Å². The van der Waals surface area contributed by atoms with E-state index in [1.165, 1.54) is 7.11 Å². The molecule has 0 bridgehead atoms. The molecular weight excluding hydrogens is 224 g/mol. The van der Waals surface area contributed by atoms with E-state index in [0.717, 1.165) is 0 Å². The number of carbonyl (C=O) groups is 2. The fraction of sp³-hybridized carbons (Fsp3) is 0.818. The Kier molecular flexibility index (Phi) is 4.74. The third-order valence-corrected chi connectivity index (χ3v) is 3.04. The molecule has 98 valence electrons. The Morgan fingerprint density at radius 1 is 1.41 bits per heavy atom. The summed E-state index contributed by atoms with van der Waals surface area (Å²) in [5.41, 5.74) is 0. The number of rotatable bonds is 3. The molecule has 0 radical (unpaired) electrons. The molecule has 0 saturated carbocycles. The third kappa shape index (κ3) is 3.59. The fourth-order valence-corrected chi connectivity index (χ4v) is 2.12. The van der Waals surface area contributed by atoms with E-state index in [1.807, 2.05) is 18.7 Å². The third-order valence-electron chi connectivity index (χ3n) is 3.04. The highest BCUT2D eigenvalue weighted by Gasteiger charge is 2.33. The predicted molar refractivity (Wildman–Crippen MR) is 61.8 cm³/mol. The van der Waals surface area contributed by atoms with Crippen LogP contribution in [-0.2, 0) is 9.53 Å². The van der Waals surface area contributed by atoms with E-state index in [-0.39, 0.29) is 24.6 Å². The average molecular weight is 244 g/mol. The van der Waals surface area contributed by atoms with Crippen molar-refractivity contribution in [3.05, 3.63) is 0 Å². The standard InChI is InChI=1S/C11H20N2O4/c1-8(2)9-6-12(7-10(14)15)4-5-13(9)11(16)17-3/h8-9H,4-7H2,1-3H3,(H,14,15). The highest BCUT2D eigenvalue weighted by Crippen LogP contribution is 2.17. The number of carboxylic acid groups (broad SMARTS) is 1. The number of hydrogen-bond acceptors (Lipinski definition) is 4. The lowest BCUT2D eigenvalue weighted by Crippen LogP contribution is -2.57. The van der Waals surface area contributed by atoms with Gasteiger partial charge in [-0.1, -0.05) is 13.8 Å². The lowest BCUT2D eigenvalue weighted by atomic mass is 10.00. The Hall–Kier alpha value is -1.30. The van der Waals surface area contributed by atoms with Gasteiger partial charge in [0.1, 0.15) is 0 Å². The summed E-state index contributed by atoms with van der Waals surface area (Å²) in [6.45, 7) is 5.74. The van der Waals surface area contributed by atoms with Gasteiger partial charge in [-0.3, -0.25) is 9.69 Å². The first-order valence-electron chi connectivity index (χ1n) is 5.74. The van der Waals surface area contributed by atoms with Crippen molar-refractivity contribution in [2.75, 3.05) is 33.3 Å². The normalized spacial score (nSPS) is 21.6. The molecule has 1 rings (SSSR count). The second kappa shape index (κ2) is 5.86. The summed E-state index contributed by atoms with van der Waals surface area (Å²) in [4.78, 5) is 25.8. The molecule has 1 aliphatic rings. The molecule has 1 unspecified atom stereocenters. The van der Waals surface area contributed by atoms with Crippen LogP contribution in [0.5, 0.6) is 0 Å². The van der Waals surface area contributed by atoms with Crippen molar-refractivity contribution in [3.8, 4) is 0 Å². The quantitative estimate of drug-likeness (QED) is 0.782. The van der Waals surface area contributed by atoms with Gasteiger partial charge in [-0.05, 0) is 5.92 Å². The topological polar surface area (TPSA) is 70.1 Å². The van der Waals surface area contributed by atoms with Gasteiger partial charge in [-0.25, -0.2) is 4.79 Å². The van der Waals surface area contributed by atoms with Crippen LogP contribution in [0, 0.1) is 5.92 Å². The summed E-state index contributed by atoms with van der Waals surface area (Å²) in [5.74, 6) is -0.565. The van der Waals surface area contributed by atoms with Gasteiger partial charge < -0.3 is 14.7 Å². The number of amides is 1. The first-order valence-corrected chi connectivity index (χ1v) is 5.74. The van der Waals surface area contributed by atoms with Crippen LogP contribution in [0.25, 0.3) is 0 Å². The summed E-state index contributed by atoms with van der Waals surface area (Å²) in [5, 5.41) is 8.76. The molecule has 0 spiro atoms. The molecule has 6 heteroatoms. The lowest BCUT2D eigenvalue weighted by molar-refractivity contribution is -0.139. The van der Waals surface area contributed by atoms with Gasteiger partial charge in [-0.2, -0.15) is 0 Å². The second-order valence-corrected chi connectivity index (χ2v) is 4.60. The van der Waals surface area contributed by atoms with E-state index in [4.69, 9.17) is 9.84 Å². The van der Waals surface area contributed by atoms with Gasteiger partial charge >= 0.3 is 12.1 Å². The van der Waals surface area contributed by atoms with E-state index in [0.29, 0.717) is 19.6 Å². The molecule has 1 fully saturated rings. The van der Waals surface area contributed by atoms with Gasteiger partial charge in [0, 0.05) is 19.6 Å². The maximum absolute atomic E-state index is 11.6. The monoisotopic (exact) mass is 244 g/mol. The van der Waals surface area contributed by atoms with Crippen LogP contribution >= 0.6 is 0 Å². The molecule has 6 nitrogen and oxygen atoms in total. The minimum Gasteiger partial charge on any atom is -0.480 e. The van der Waals surface area contributed by atoms with E-state index in [2.05, 4.69) is 0 Å². The summed E-state index contributed by atoms with van der Waals surface area (Å²) >= 11 is 0. The Balaban J connectivity index is 2.67. The first-order chi connectivity index (χ1) is 7.95. The largest absolute Gasteiger partial charge is 0.480 e. The molecule has 0 aliphatic carbocycles. The van der Waals surface area contributed by atoms with Crippen molar-refractivity contribution < 1.29 is 19.4 Å². The van der Waals surface area contributed by atoms with E-state index in [9.17, 15) is 9.59 Å². The van der Waals surface area contributed by atoms with Gasteiger partial charge in [0.2, 0.25) is 0 Å². The smallest absolute Gasteiger partial charge is 0.409 e. The molecule has 1 atom stereocenters. The molecule has 1 saturated heterocycles. The summed E-state index contributed by atoms with van der Waals surface area (Å²) < 4.78 is 4.74. The lowest BCUT2D eigenvalue weighted by Gasteiger charge is -2.41. The van der Waals surface area contributed by atoms with Crippen molar-refractivity contribution in [1.29, 1.82) is 0 Å². The number of hydrogen-bond donors (Lipinski definition) is 1. The first kappa shape index (κ1) is 13.8. The molecule has 0 aromatic heterocycles. The number of carbonyl (C=O) groups excluding carboxylic acids is 1. The van der Waals surface area contributed by atoms with Crippen LogP contribution < -0.4 is 0 Å². The predicted octanol–water partition coefficient (Wildman–Crippen LogP) is 0.480. The van der Waals surface area contributed by atoms with E-state index < -0.39 is 5.97 Å². The Morgan fingerprint density at radius 2 is 2.06 bits per heavy atom. The van der Waals surface area contributed by atoms with E-state index in [1.54, 1.807) is 4.90 Å². The van der Waals surface area contributed by atoms with Crippen molar-refractivity contribution >= 4 is 12.1 Å². The van der Waals surface area contributed by atoms with Crippen LogP contribution in [-0.4, -0.2) is 66.3 Å². The van der Waals surface area contributed by atoms with Crippen LogP contribution in [0.2, 0.25) is 0 Å². The zero-order chi connectivity index (χ0) is 13.0. The highest BCUT2D eigenvalue weighted by atomic mass is 16.5. The Labute approximate surface area is 101 Å². The van der Waals surface area contributed by atoms with Crippen molar-refractivity contribution in [2.24, 2.45) is 5.92 Å². The molecule has 0 aromatic carbocycles. The molecule has 17 heavy (non-hydrogen) atoms. The van der Waals surface area contributed by atoms with Crippen LogP contribution in [0.4, 0.5) is 4.79 Å². The van der Waals surface area contributed by atoms with E-state index >= 15 is 0 Å². The number of nitrogens with zero attached hydrogens (tertiary/aromatic N) is 2. The average Bonchev–Trinajstić information content (AvgIpc) is 2.27. The van der Waals surface area contributed by atoms with Gasteiger partial charge in [-0.15, -0.1) is 0 Å². The number of piperazine rings is 1. The molecular formula is C11H20N2O4. The summed E-state index contributed by atoms with van der Waals surface area (Å²) in [6.07, 6.45) is -0.335. The Bertz CT molecular complexity index is 293. The van der Waals surface area contributed by atoms with Gasteiger partial charge in [0.15, 0.2) is 0 Å². The van der Waals surface area contributed by atoms with Crippen LogP contribution in [0.3, 0.4) is 0 Å². The SMILES string of the molecule is COC(=O)N1CCN(CC(=O)O)CC1C(C)C.